The summed E-state index contributed by atoms with van der Waals surface area (Å²) in [5.74, 6) is -2.42. The Morgan fingerprint density at radius 3 is 2.00 bits per heavy atom. The van der Waals surface area contributed by atoms with Gasteiger partial charge in [0.25, 0.3) is 5.91 Å². The minimum atomic E-state index is -5.07. The predicted molar refractivity (Wildman–Crippen MR) is 83.5 cm³/mol. The van der Waals surface area contributed by atoms with Crippen molar-refractivity contribution in [2.75, 3.05) is 11.9 Å². The lowest BCUT2D eigenvalue weighted by Gasteiger charge is -2.14. The second-order valence-electron chi connectivity index (χ2n) is 5.47. The molecule has 0 aliphatic carbocycles. The zero-order valence-electron chi connectivity index (χ0n) is 13.7. The van der Waals surface area contributed by atoms with Crippen molar-refractivity contribution in [3.63, 3.8) is 0 Å². The molecule has 150 valence electrons. The van der Waals surface area contributed by atoms with Gasteiger partial charge in [0.1, 0.15) is 5.75 Å². The average Bonchev–Trinajstić information content (AvgIpc) is 2.58. The van der Waals surface area contributed by atoms with E-state index in [0.29, 0.717) is 12.1 Å². The van der Waals surface area contributed by atoms with Crippen LogP contribution in [0.4, 0.5) is 32.0 Å². The smallest absolute Gasteiger partial charge is 0.416 e. The molecule has 11 heteroatoms. The highest BCUT2D eigenvalue weighted by Crippen LogP contribution is 2.37. The molecular formula is C17H11F6NO4. The molecule has 2 aromatic carbocycles. The van der Waals surface area contributed by atoms with E-state index in [4.69, 9.17) is 0 Å². The van der Waals surface area contributed by atoms with Gasteiger partial charge in [-0.1, -0.05) is 6.07 Å². The van der Waals surface area contributed by atoms with Crippen molar-refractivity contribution in [3.05, 3.63) is 59.2 Å². The van der Waals surface area contributed by atoms with E-state index in [2.05, 4.69) is 4.74 Å². The van der Waals surface area contributed by atoms with Gasteiger partial charge in [-0.2, -0.15) is 26.3 Å². The summed E-state index contributed by atoms with van der Waals surface area (Å²) in [6.07, 6.45) is -10.1. The molecule has 2 aromatic rings. The second-order valence-corrected chi connectivity index (χ2v) is 5.47. The van der Waals surface area contributed by atoms with E-state index >= 15 is 0 Å². The van der Waals surface area contributed by atoms with Gasteiger partial charge < -0.3 is 15.2 Å². The van der Waals surface area contributed by atoms with E-state index in [1.54, 1.807) is 0 Å². The number of amides is 1. The molecule has 5 nitrogen and oxygen atoms in total. The van der Waals surface area contributed by atoms with E-state index in [-0.39, 0.29) is 17.4 Å². The number of carbonyl (C=O) groups excluding carboxylic acids is 2. The van der Waals surface area contributed by atoms with E-state index < -0.39 is 47.7 Å². The molecule has 0 heterocycles. The predicted octanol–water partition coefficient (Wildman–Crippen LogP) is 4.23. The zero-order valence-corrected chi connectivity index (χ0v) is 13.7. The van der Waals surface area contributed by atoms with Crippen LogP contribution in [0.1, 0.15) is 21.5 Å². The SMILES string of the molecule is O=C(COC(=O)c1cccc(O)c1)Nc1cc(C(F)(F)F)cc(C(F)(F)F)c1. The first kappa shape index (κ1) is 21.1. The van der Waals surface area contributed by atoms with Gasteiger partial charge in [0.05, 0.1) is 16.7 Å². The van der Waals surface area contributed by atoms with Gasteiger partial charge in [-0.15, -0.1) is 0 Å². The first-order chi connectivity index (χ1) is 12.9. The molecule has 0 saturated heterocycles. The molecule has 0 saturated carbocycles. The number of aromatic hydroxyl groups is 1. The van der Waals surface area contributed by atoms with Crippen LogP contribution in [0.2, 0.25) is 0 Å². The fraction of sp³-hybridized carbons (Fsp3) is 0.176. The molecular weight excluding hydrogens is 396 g/mol. The topological polar surface area (TPSA) is 75.6 Å². The molecule has 2 N–H and O–H groups in total. The summed E-state index contributed by atoms with van der Waals surface area (Å²) in [7, 11) is 0. The highest BCUT2D eigenvalue weighted by molar-refractivity contribution is 5.95. The van der Waals surface area contributed by atoms with Crippen LogP contribution in [0.25, 0.3) is 0 Å². The Labute approximate surface area is 153 Å². The number of esters is 1. The molecule has 0 spiro atoms. The number of rotatable bonds is 4. The summed E-state index contributed by atoms with van der Waals surface area (Å²) >= 11 is 0. The van der Waals surface area contributed by atoms with Gasteiger partial charge in [0.15, 0.2) is 6.61 Å². The molecule has 0 aliphatic heterocycles. The van der Waals surface area contributed by atoms with E-state index in [0.717, 1.165) is 6.07 Å². The number of hydrogen-bond acceptors (Lipinski definition) is 4. The van der Waals surface area contributed by atoms with Crippen molar-refractivity contribution in [3.8, 4) is 5.75 Å². The van der Waals surface area contributed by atoms with Crippen LogP contribution < -0.4 is 5.32 Å². The number of phenolic OH excluding ortho intramolecular Hbond substituents is 1. The monoisotopic (exact) mass is 407 g/mol. The van der Waals surface area contributed by atoms with Gasteiger partial charge in [-0.3, -0.25) is 4.79 Å². The lowest BCUT2D eigenvalue weighted by molar-refractivity contribution is -0.143. The molecule has 0 bridgehead atoms. The van der Waals surface area contributed by atoms with Gasteiger partial charge in [-0.25, -0.2) is 4.79 Å². The number of carbonyl (C=O) groups is 2. The number of hydrogen-bond donors (Lipinski definition) is 2. The van der Waals surface area contributed by atoms with Crippen LogP contribution in [0.5, 0.6) is 5.75 Å². The molecule has 0 unspecified atom stereocenters. The minimum absolute atomic E-state index is 0.0858. The quantitative estimate of drug-likeness (QED) is 0.588. The van der Waals surface area contributed by atoms with E-state index in [1.807, 2.05) is 5.32 Å². The van der Waals surface area contributed by atoms with Crippen molar-refractivity contribution in [1.82, 2.24) is 0 Å². The number of halogens is 6. The van der Waals surface area contributed by atoms with Crippen molar-refractivity contribution in [1.29, 1.82) is 0 Å². The Morgan fingerprint density at radius 2 is 1.50 bits per heavy atom. The number of nitrogens with one attached hydrogen (secondary N) is 1. The maximum Gasteiger partial charge on any atom is 0.416 e. The van der Waals surface area contributed by atoms with Crippen molar-refractivity contribution < 1.29 is 45.8 Å². The summed E-state index contributed by atoms with van der Waals surface area (Å²) in [6.45, 7) is -0.966. The summed E-state index contributed by atoms with van der Waals surface area (Å²) in [5.41, 5.74) is -4.07. The van der Waals surface area contributed by atoms with Crippen LogP contribution in [0, 0.1) is 0 Å². The maximum absolute atomic E-state index is 12.8. The third-order valence-electron chi connectivity index (χ3n) is 3.29. The number of anilines is 1. The van der Waals surface area contributed by atoms with Gasteiger partial charge in [0.2, 0.25) is 0 Å². The normalized spacial score (nSPS) is 11.8. The van der Waals surface area contributed by atoms with Gasteiger partial charge >= 0.3 is 18.3 Å². The molecule has 2 rings (SSSR count). The lowest BCUT2D eigenvalue weighted by atomic mass is 10.1. The van der Waals surface area contributed by atoms with Crippen LogP contribution >= 0.6 is 0 Å². The summed E-state index contributed by atoms with van der Waals surface area (Å²) < 4.78 is 81.3. The van der Waals surface area contributed by atoms with Gasteiger partial charge in [-0.05, 0) is 36.4 Å². The van der Waals surface area contributed by atoms with Crippen LogP contribution in [-0.2, 0) is 21.9 Å². The highest BCUT2D eigenvalue weighted by atomic mass is 19.4. The Bertz CT molecular complexity index is 860. The molecule has 0 aliphatic rings. The Morgan fingerprint density at radius 1 is 0.929 bits per heavy atom. The zero-order chi connectivity index (χ0) is 21.1. The summed E-state index contributed by atoms with van der Waals surface area (Å²) in [6, 6.07) is 5.47. The number of benzene rings is 2. The first-order valence-electron chi connectivity index (χ1n) is 7.42. The number of ether oxygens (including phenoxy) is 1. The Balaban J connectivity index is 2.11. The molecule has 0 aromatic heterocycles. The van der Waals surface area contributed by atoms with Gasteiger partial charge in [0, 0.05) is 5.69 Å². The van der Waals surface area contributed by atoms with Crippen LogP contribution in [0.15, 0.2) is 42.5 Å². The summed E-state index contributed by atoms with van der Waals surface area (Å²) in [5, 5.41) is 11.1. The minimum Gasteiger partial charge on any atom is -0.508 e. The van der Waals surface area contributed by atoms with Crippen molar-refractivity contribution in [2.24, 2.45) is 0 Å². The lowest BCUT2D eigenvalue weighted by Crippen LogP contribution is -2.22. The van der Waals surface area contributed by atoms with E-state index in [9.17, 15) is 41.0 Å². The molecule has 0 fully saturated rings. The standard InChI is InChI=1S/C17H11F6NO4/c18-16(19,20)10-5-11(17(21,22)23)7-12(6-10)24-14(26)8-28-15(27)9-2-1-3-13(25)4-9/h1-7,25H,8H2,(H,24,26). The summed E-state index contributed by atoms with van der Waals surface area (Å²) in [4.78, 5) is 23.5. The molecule has 1 amide bonds. The average molecular weight is 407 g/mol. The molecule has 0 radical (unpaired) electrons. The van der Waals surface area contributed by atoms with E-state index in [1.165, 1.54) is 18.2 Å². The fourth-order valence-electron chi connectivity index (χ4n) is 2.07. The largest absolute Gasteiger partial charge is 0.508 e. The first-order valence-corrected chi connectivity index (χ1v) is 7.42. The van der Waals surface area contributed by atoms with Crippen molar-refractivity contribution in [2.45, 2.75) is 12.4 Å². The number of phenols is 1. The Hall–Kier alpha value is -3.24. The molecule has 0 atom stereocenters. The Kier molecular flexibility index (Phi) is 5.86. The van der Waals surface area contributed by atoms with Crippen LogP contribution in [-0.4, -0.2) is 23.6 Å². The molecule has 28 heavy (non-hydrogen) atoms. The highest BCUT2D eigenvalue weighted by Gasteiger charge is 2.37. The van der Waals surface area contributed by atoms with Crippen molar-refractivity contribution >= 4 is 17.6 Å². The third kappa shape index (κ3) is 5.63. The van der Waals surface area contributed by atoms with Crippen LogP contribution in [0.3, 0.4) is 0 Å². The second kappa shape index (κ2) is 7.79. The number of alkyl halides is 6. The maximum atomic E-state index is 12.8. The third-order valence-corrected chi connectivity index (χ3v) is 3.29. The fourth-order valence-corrected chi connectivity index (χ4v) is 2.07.